The Kier molecular flexibility index (Phi) is 5.55. The van der Waals surface area contributed by atoms with E-state index in [2.05, 4.69) is 17.6 Å². The van der Waals surface area contributed by atoms with Crippen LogP contribution in [0.2, 0.25) is 0 Å². The Labute approximate surface area is 159 Å². The zero-order chi connectivity index (χ0) is 19.7. The molecule has 2 fully saturated rings. The van der Waals surface area contributed by atoms with Crippen molar-refractivity contribution in [2.75, 3.05) is 31.1 Å². The van der Waals surface area contributed by atoms with Gasteiger partial charge < -0.3 is 15.5 Å². The molecule has 2 aliphatic heterocycles. The summed E-state index contributed by atoms with van der Waals surface area (Å²) in [5, 5.41) is 11.5. The molecule has 0 aliphatic carbocycles. The Morgan fingerprint density at radius 2 is 2.07 bits per heavy atom. The number of piperidine rings is 1. The third kappa shape index (κ3) is 4.66. The number of primary sulfonamides is 1. The van der Waals surface area contributed by atoms with Crippen LogP contribution >= 0.6 is 0 Å². The van der Waals surface area contributed by atoms with Gasteiger partial charge in [0.25, 0.3) is 0 Å². The van der Waals surface area contributed by atoms with Crippen LogP contribution < -0.4 is 20.7 Å². The highest BCUT2D eigenvalue weighted by atomic mass is 32.2. The standard InChI is InChI=1S/C18H26N4O4S/c1-18(5-7-20-8-6-18)12-21-17(24)13-9-16(23)22(11-13)14-3-2-4-15(10-14)27(19,25)26/h2-4,10,13,20H,5-9,11-12H2,1H3,(H,21,24)(H2,19,25,26). The summed E-state index contributed by atoms with van der Waals surface area (Å²) >= 11 is 0. The number of nitrogens with one attached hydrogen (secondary N) is 2. The molecule has 2 saturated heterocycles. The van der Waals surface area contributed by atoms with Crippen molar-refractivity contribution in [3.8, 4) is 0 Å². The first-order chi connectivity index (χ1) is 12.7. The number of amides is 2. The molecule has 2 amide bonds. The zero-order valence-corrected chi connectivity index (χ0v) is 16.2. The predicted octanol–water partition coefficient (Wildman–Crippen LogP) is 0.193. The van der Waals surface area contributed by atoms with E-state index in [0.717, 1.165) is 25.9 Å². The van der Waals surface area contributed by atoms with Crippen LogP contribution in [0.25, 0.3) is 0 Å². The van der Waals surface area contributed by atoms with Gasteiger partial charge in [0.2, 0.25) is 21.8 Å². The predicted molar refractivity (Wildman–Crippen MR) is 101 cm³/mol. The smallest absolute Gasteiger partial charge is 0.238 e. The van der Waals surface area contributed by atoms with Crippen molar-refractivity contribution >= 4 is 27.5 Å². The Morgan fingerprint density at radius 1 is 1.37 bits per heavy atom. The number of carbonyl (C=O) groups excluding carboxylic acids is 2. The van der Waals surface area contributed by atoms with Gasteiger partial charge in [0.15, 0.2) is 0 Å². The summed E-state index contributed by atoms with van der Waals surface area (Å²) < 4.78 is 23.1. The van der Waals surface area contributed by atoms with Crippen LogP contribution in [0.5, 0.6) is 0 Å². The van der Waals surface area contributed by atoms with Gasteiger partial charge in [0, 0.05) is 25.2 Å². The topological polar surface area (TPSA) is 122 Å². The van der Waals surface area contributed by atoms with E-state index < -0.39 is 15.9 Å². The highest BCUT2D eigenvalue weighted by Crippen LogP contribution is 2.29. The van der Waals surface area contributed by atoms with Gasteiger partial charge in [-0.15, -0.1) is 0 Å². The second-order valence-corrected chi connectivity index (χ2v) is 9.29. The minimum absolute atomic E-state index is 0.0560. The highest BCUT2D eigenvalue weighted by Gasteiger charge is 2.36. The van der Waals surface area contributed by atoms with Crippen LogP contribution in [-0.4, -0.2) is 46.4 Å². The minimum Gasteiger partial charge on any atom is -0.355 e. The second kappa shape index (κ2) is 7.57. The molecule has 1 aromatic carbocycles. The molecule has 2 heterocycles. The largest absolute Gasteiger partial charge is 0.355 e. The van der Waals surface area contributed by atoms with E-state index in [-0.39, 0.29) is 35.1 Å². The zero-order valence-electron chi connectivity index (χ0n) is 15.4. The van der Waals surface area contributed by atoms with Crippen molar-refractivity contribution in [1.82, 2.24) is 10.6 Å². The van der Waals surface area contributed by atoms with E-state index in [1.807, 2.05) is 0 Å². The third-order valence-electron chi connectivity index (χ3n) is 5.45. The molecule has 1 aromatic rings. The summed E-state index contributed by atoms with van der Waals surface area (Å²) in [6.07, 6.45) is 2.12. The summed E-state index contributed by atoms with van der Waals surface area (Å²) in [5.41, 5.74) is 0.514. The molecule has 9 heteroatoms. The van der Waals surface area contributed by atoms with Gasteiger partial charge in [0.1, 0.15) is 0 Å². The quantitative estimate of drug-likeness (QED) is 0.658. The van der Waals surface area contributed by atoms with Crippen LogP contribution in [-0.2, 0) is 19.6 Å². The molecule has 2 aliphatic rings. The number of benzene rings is 1. The molecule has 4 N–H and O–H groups in total. The molecule has 0 saturated carbocycles. The number of sulfonamides is 1. The van der Waals surface area contributed by atoms with Gasteiger partial charge in [-0.05, 0) is 49.5 Å². The SMILES string of the molecule is CC1(CNC(=O)C2CC(=O)N(c3cccc(S(N)(=O)=O)c3)C2)CCNCC1. The van der Waals surface area contributed by atoms with Gasteiger partial charge in [-0.1, -0.05) is 13.0 Å². The lowest BCUT2D eigenvalue weighted by Gasteiger charge is -2.34. The molecule has 1 unspecified atom stereocenters. The normalized spacial score (nSPS) is 22.7. The van der Waals surface area contributed by atoms with Gasteiger partial charge in [-0.2, -0.15) is 0 Å². The summed E-state index contributed by atoms with van der Waals surface area (Å²) in [5.74, 6) is -0.774. The van der Waals surface area contributed by atoms with E-state index in [0.29, 0.717) is 12.2 Å². The maximum absolute atomic E-state index is 12.6. The van der Waals surface area contributed by atoms with Crippen molar-refractivity contribution < 1.29 is 18.0 Å². The number of hydrogen-bond acceptors (Lipinski definition) is 5. The van der Waals surface area contributed by atoms with Gasteiger partial charge in [0.05, 0.1) is 10.8 Å². The van der Waals surface area contributed by atoms with Crippen molar-refractivity contribution in [2.45, 2.75) is 31.1 Å². The Morgan fingerprint density at radius 3 is 2.74 bits per heavy atom. The maximum Gasteiger partial charge on any atom is 0.238 e. The Hall–Kier alpha value is -1.97. The van der Waals surface area contributed by atoms with Gasteiger partial charge in [-0.25, -0.2) is 13.6 Å². The first-order valence-corrected chi connectivity index (χ1v) is 10.6. The number of nitrogens with two attached hydrogens (primary N) is 1. The number of anilines is 1. The molecule has 3 rings (SSSR count). The van der Waals surface area contributed by atoms with Crippen LogP contribution in [0, 0.1) is 11.3 Å². The van der Waals surface area contributed by atoms with Crippen molar-refractivity contribution in [3.63, 3.8) is 0 Å². The van der Waals surface area contributed by atoms with Crippen molar-refractivity contribution in [2.24, 2.45) is 16.5 Å². The van der Waals surface area contributed by atoms with Gasteiger partial charge in [-0.3, -0.25) is 9.59 Å². The summed E-state index contributed by atoms with van der Waals surface area (Å²) in [6.45, 7) is 4.89. The van der Waals surface area contributed by atoms with E-state index in [1.54, 1.807) is 6.07 Å². The summed E-state index contributed by atoms with van der Waals surface area (Å²) in [6, 6.07) is 5.92. The fourth-order valence-corrected chi connectivity index (χ4v) is 4.17. The average molecular weight is 394 g/mol. The lowest BCUT2D eigenvalue weighted by molar-refractivity contribution is -0.126. The average Bonchev–Trinajstić information content (AvgIpc) is 3.02. The second-order valence-electron chi connectivity index (χ2n) is 7.73. The van der Waals surface area contributed by atoms with Gasteiger partial charge >= 0.3 is 0 Å². The molecular weight excluding hydrogens is 368 g/mol. The van der Waals surface area contributed by atoms with Crippen molar-refractivity contribution in [1.29, 1.82) is 0 Å². The fourth-order valence-electron chi connectivity index (χ4n) is 3.61. The lowest BCUT2D eigenvalue weighted by atomic mass is 9.81. The van der Waals surface area contributed by atoms with Crippen LogP contribution in [0.3, 0.4) is 0 Å². The molecule has 0 radical (unpaired) electrons. The molecule has 27 heavy (non-hydrogen) atoms. The fraction of sp³-hybridized carbons (Fsp3) is 0.556. The molecule has 8 nitrogen and oxygen atoms in total. The molecule has 0 spiro atoms. The molecule has 0 bridgehead atoms. The Balaban J connectivity index is 1.64. The highest BCUT2D eigenvalue weighted by molar-refractivity contribution is 7.89. The van der Waals surface area contributed by atoms with E-state index in [4.69, 9.17) is 5.14 Å². The number of hydrogen-bond donors (Lipinski definition) is 3. The van der Waals surface area contributed by atoms with Crippen LogP contribution in [0.15, 0.2) is 29.2 Å². The number of rotatable bonds is 5. The molecule has 1 atom stereocenters. The molecule has 148 valence electrons. The first kappa shape index (κ1) is 19.8. The van der Waals surface area contributed by atoms with E-state index in [9.17, 15) is 18.0 Å². The van der Waals surface area contributed by atoms with Crippen LogP contribution in [0.1, 0.15) is 26.2 Å². The Bertz CT molecular complexity index is 834. The monoisotopic (exact) mass is 394 g/mol. The summed E-state index contributed by atoms with van der Waals surface area (Å²) in [7, 11) is -3.85. The third-order valence-corrected chi connectivity index (χ3v) is 6.36. The van der Waals surface area contributed by atoms with E-state index >= 15 is 0 Å². The first-order valence-electron chi connectivity index (χ1n) is 9.10. The van der Waals surface area contributed by atoms with E-state index in [1.165, 1.54) is 23.1 Å². The summed E-state index contributed by atoms with van der Waals surface area (Å²) in [4.78, 5) is 26.3. The number of carbonyl (C=O) groups is 2. The molecular formula is C18H26N4O4S. The minimum atomic E-state index is -3.85. The maximum atomic E-state index is 12.6. The molecule has 0 aromatic heterocycles. The van der Waals surface area contributed by atoms with Crippen LogP contribution in [0.4, 0.5) is 5.69 Å². The number of nitrogens with zero attached hydrogens (tertiary/aromatic N) is 1. The van der Waals surface area contributed by atoms with Crippen molar-refractivity contribution in [3.05, 3.63) is 24.3 Å². The lowest BCUT2D eigenvalue weighted by Crippen LogP contribution is -2.44.